The fourth-order valence-electron chi connectivity index (χ4n) is 1.70. The van der Waals surface area contributed by atoms with Crippen LogP contribution >= 0.6 is 0 Å². The number of hydrogen-bond acceptors (Lipinski definition) is 5. The molecule has 102 valence electrons. The molecule has 0 aliphatic rings. The third kappa shape index (κ3) is 2.83. The number of benzene rings is 1. The van der Waals surface area contributed by atoms with E-state index in [9.17, 15) is 14.7 Å². The average Bonchev–Trinajstić information content (AvgIpc) is 2.49. The van der Waals surface area contributed by atoms with Crippen LogP contribution in [-0.2, 0) is 11.3 Å². The molecular formula is C15H13NO4. The molecule has 0 unspecified atom stereocenters. The van der Waals surface area contributed by atoms with Crippen LogP contribution in [0.1, 0.15) is 32.0 Å². The lowest BCUT2D eigenvalue weighted by molar-refractivity contribution is 0.0470. The predicted molar refractivity (Wildman–Crippen MR) is 71.6 cm³/mol. The van der Waals surface area contributed by atoms with Gasteiger partial charge in [0, 0.05) is 11.8 Å². The molecule has 2 aromatic rings. The zero-order valence-electron chi connectivity index (χ0n) is 10.9. The third-order valence-corrected chi connectivity index (χ3v) is 2.84. The van der Waals surface area contributed by atoms with Gasteiger partial charge in [-0.2, -0.15) is 0 Å². The number of aromatic nitrogens is 1. The summed E-state index contributed by atoms with van der Waals surface area (Å²) < 4.78 is 5.10. The number of ether oxygens (including phenoxy) is 1. The molecule has 0 radical (unpaired) electrons. The van der Waals surface area contributed by atoms with Crippen molar-refractivity contribution in [3.63, 3.8) is 0 Å². The molecule has 0 spiro atoms. The maximum absolute atomic E-state index is 11.8. The van der Waals surface area contributed by atoms with Gasteiger partial charge >= 0.3 is 5.97 Å². The summed E-state index contributed by atoms with van der Waals surface area (Å²) in [6.07, 6.45) is 1.94. The molecule has 5 nitrogen and oxygen atoms in total. The Kier molecular flexibility index (Phi) is 4.10. The summed E-state index contributed by atoms with van der Waals surface area (Å²) >= 11 is 0. The van der Waals surface area contributed by atoms with Crippen molar-refractivity contribution < 1.29 is 19.4 Å². The third-order valence-electron chi connectivity index (χ3n) is 2.84. The van der Waals surface area contributed by atoms with Crippen molar-refractivity contribution >= 4 is 12.3 Å². The Morgan fingerprint density at radius 2 is 2.05 bits per heavy atom. The standard InChI is InChI=1S/C15H13NO4/c1-10-14(18)13(8-17)12(7-16-10)9-20-15(19)11-5-3-2-4-6-11/h2-8,18H,9H2,1H3. The van der Waals surface area contributed by atoms with Crippen molar-refractivity contribution in [2.45, 2.75) is 13.5 Å². The summed E-state index contributed by atoms with van der Waals surface area (Å²) in [6, 6.07) is 8.52. The topological polar surface area (TPSA) is 76.5 Å². The smallest absolute Gasteiger partial charge is 0.338 e. The number of nitrogens with zero attached hydrogens (tertiary/aromatic N) is 1. The summed E-state index contributed by atoms with van der Waals surface area (Å²) in [5.41, 5.74) is 1.24. The normalized spacial score (nSPS) is 10.1. The van der Waals surface area contributed by atoms with Gasteiger partial charge in [-0.05, 0) is 19.1 Å². The van der Waals surface area contributed by atoms with Crippen LogP contribution in [0.25, 0.3) is 0 Å². The summed E-state index contributed by atoms with van der Waals surface area (Å²) in [5, 5.41) is 9.73. The Hall–Kier alpha value is -2.69. The molecule has 0 saturated heterocycles. The molecule has 0 atom stereocenters. The molecular weight excluding hydrogens is 258 g/mol. The molecule has 0 aliphatic carbocycles. The lowest BCUT2D eigenvalue weighted by Crippen LogP contribution is -2.07. The summed E-state index contributed by atoms with van der Waals surface area (Å²) in [6.45, 7) is 1.46. The van der Waals surface area contributed by atoms with Crippen LogP contribution in [0.3, 0.4) is 0 Å². The van der Waals surface area contributed by atoms with E-state index in [4.69, 9.17) is 4.74 Å². The van der Waals surface area contributed by atoms with Gasteiger partial charge in [0.25, 0.3) is 0 Å². The molecule has 20 heavy (non-hydrogen) atoms. The van der Waals surface area contributed by atoms with Gasteiger partial charge < -0.3 is 9.84 Å². The number of hydrogen-bond donors (Lipinski definition) is 1. The molecule has 1 aromatic heterocycles. The maximum atomic E-state index is 11.8. The minimum atomic E-state index is -0.498. The van der Waals surface area contributed by atoms with E-state index in [1.807, 2.05) is 0 Å². The van der Waals surface area contributed by atoms with Crippen molar-refractivity contribution in [2.24, 2.45) is 0 Å². The monoisotopic (exact) mass is 271 g/mol. The van der Waals surface area contributed by atoms with E-state index in [-0.39, 0.29) is 17.9 Å². The number of carbonyl (C=O) groups is 2. The second kappa shape index (κ2) is 5.97. The lowest BCUT2D eigenvalue weighted by Gasteiger charge is -2.09. The van der Waals surface area contributed by atoms with Crippen LogP contribution in [0.4, 0.5) is 0 Å². The average molecular weight is 271 g/mol. The van der Waals surface area contributed by atoms with E-state index in [1.54, 1.807) is 37.3 Å². The molecule has 1 N–H and O–H groups in total. The zero-order chi connectivity index (χ0) is 14.5. The molecule has 0 bridgehead atoms. The van der Waals surface area contributed by atoms with Crippen LogP contribution in [-0.4, -0.2) is 22.3 Å². The molecule has 1 heterocycles. The summed E-state index contributed by atoms with van der Waals surface area (Å²) in [4.78, 5) is 26.7. The molecule has 0 aliphatic heterocycles. The van der Waals surface area contributed by atoms with Crippen molar-refractivity contribution in [1.82, 2.24) is 4.98 Å². The van der Waals surface area contributed by atoms with Gasteiger partial charge in [0.05, 0.1) is 16.8 Å². The number of esters is 1. The number of aldehydes is 1. The Labute approximate surface area is 115 Å². The van der Waals surface area contributed by atoms with Gasteiger partial charge in [0.15, 0.2) is 6.29 Å². The second-order valence-electron chi connectivity index (χ2n) is 4.19. The Balaban J connectivity index is 2.14. The van der Waals surface area contributed by atoms with Crippen LogP contribution in [0.5, 0.6) is 5.75 Å². The molecule has 0 fully saturated rings. The van der Waals surface area contributed by atoms with Crippen molar-refractivity contribution in [3.8, 4) is 5.75 Å². The van der Waals surface area contributed by atoms with Crippen molar-refractivity contribution in [1.29, 1.82) is 0 Å². The predicted octanol–water partition coefficient (Wildman–Crippen LogP) is 2.27. The Morgan fingerprint density at radius 3 is 2.70 bits per heavy atom. The van der Waals surface area contributed by atoms with Crippen LogP contribution in [0.2, 0.25) is 0 Å². The van der Waals surface area contributed by atoms with Crippen LogP contribution < -0.4 is 0 Å². The molecule has 0 amide bonds. The first-order valence-electron chi connectivity index (χ1n) is 5.98. The van der Waals surface area contributed by atoms with E-state index in [0.29, 0.717) is 23.1 Å². The van der Waals surface area contributed by atoms with Gasteiger partial charge in [0.2, 0.25) is 0 Å². The minimum Gasteiger partial charge on any atom is -0.505 e. The van der Waals surface area contributed by atoms with Gasteiger partial charge in [-0.25, -0.2) is 4.79 Å². The number of pyridine rings is 1. The highest BCUT2D eigenvalue weighted by Crippen LogP contribution is 2.22. The fraction of sp³-hybridized carbons (Fsp3) is 0.133. The van der Waals surface area contributed by atoms with Crippen LogP contribution in [0, 0.1) is 6.92 Å². The Bertz CT molecular complexity index is 638. The fourth-order valence-corrected chi connectivity index (χ4v) is 1.70. The summed E-state index contributed by atoms with van der Waals surface area (Å²) in [7, 11) is 0. The van der Waals surface area contributed by atoms with E-state index in [0.717, 1.165) is 0 Å². The van der Waals surface area contributed by atoms with E-state index in [2.05, 4.69) is 4.98 Å². The van der Waals surface area contributed by atoms with Gasteiger partial charge in [-0.3, -0.25) is 9.78 Å². The van der Waals surface area contributed by atoms with Gasteiger partial charge in [-0.1, -0.05) is 18.2 Å². The SMILES string of the molecule is Cc1ncc(COC(=O)c2ccccc2)c(C=O)c1O. The number of rotatable bonds is 4. The Morgan fingerprint density at radius 1 is 1.35 bits per heavy atom. The van der Waals surface area contributed by atoms with Gasteiger partial charge in [0.1, 0.15) is 12.4 Å². The van der Waals surface area contributed by atoms with Gasteiger partial charge in [-0.15, -0.1) is 0 Å². The highest BCUT2D eigenvalue weighted by atomic mass is 16.5. The highest BCUT2D eigenvalue weighted by molar-refractivity contribution is 5.89. The zero-order valence-corrected chi connectivity index (χ0v) is 10.9. The van der Waals surface area contributed by atoms with E-state index >= 15 is 0 Å². The van der Waals surface area contributed by atoms with Crippen molar-refractivity contribution in [3.05, 3.63) is 58.9 Å². The molecule has 0 saturated carbocycles. The van der Waals surface area contributed by atoms with Crippen LogP contribution in [0.15, 0.2) is 36.5 Å². The van der Waals surface area contributed by atoms with Crippen molar-refractivity contribution in [2.75, 3.05) is 0 Å². The van der Waals surface area contributed by atoms with E-state index in [1.165, 1.54) is 6.20 Å². The molecule has 1 aromatic carbocycles. The quantitative estimate of drug-likeness (QED) is 0.681. The lowest BCUT2D eigenvalue weighted by atomic mass is 10.1. The number of aromatic hydroxyl groups is 1. The number of carbonyl (C=O) groups excluding carboxylic acids is 2. The maximum Gasteiger partial charge on any atom is 0.338 e. The minimum absolute atomic E-state index is 0.0957. The molecule has 5 heteroatoms. The first kappa shape index (κ1) is 13.7. The first-order chi connectivity index (χ1) is 9.63. The largest absolute Gasteiger partial charge is 0.505 e. The highest BCUT2D eigenvalue weighted by Gasteiger charge is 2.13. The first-order valence-corrected chi connectivity index (χ1v) is 5.98. The summed E-state index contributed by atoms with van der Waals surface area (Å²) in [5.74, 6) is -0.684. The molecule has 2 rings (SSSR count). The van der Waals surface area contributed by atoms with E-state index < -0.39 is 5.97 Å². The second-order valence-corrected chi connectivity index (χ2v) is 4.19. The number of aryl methyl sites for hydroxylation is 1.